The summed E-state index contributed by atoms with van der Waals surface area (Å²) >= 11 is 6.86. The number of H-pyrrole nitrogens is 1. The summed E-state index contributed by atoms with van der Waals surface area (Å²) in [6.07, 6.45) is 1.68. The van der Waals surface area contributed by atoms with Crippen LogP contribution in [0, 0.1) is 18.6 Å². The predicted molar refractivity (Wildman–Crippen MR) is 96.4 cm³/mol. The topological polar surface area (TPSA) is 37.8 Å². The molecular weight excluding hydrogens is 312 g/mol. The SMILES string of the molecule is C=CCn1c(=S)[nH]c2sc(C)c(-c3ccc(C)cc3)c2c1=O. The van der Waals surface area contributed by atoms with Crippen LogP contribution < -0.4 is 5.56 Å². The van der Waals surface area contributed by atoms with Gasteiger partial charge in [0.25, 0.3) is 5.56 Å². The maximum atomic E-state index is 12.8. The molecule has 1 aromatic carbocycles. The van der Waals surface area contributed by atoms with Crippen LogP contribution >= 0.6 is 23.6 Å². The highest BCUT2D eigenvalue weighted by Gasteiger charge is 2.16. The van der Waals surface area contributed by atoms with Crippen molar-refractivity contribution >= 4 is 33.8 Å². The summed E-state index contributed by atoms with van der Waals surface area (Å²) in [7, 11) is 0. The molecule has 0 fully saturated rings. The number of nitrogens with one attached hydrogen (secondary N) is 1. The number of benzene rings is 1. The molecule has 0 spiro atoms. The van der Waals surface area contributed by atoms with Crippen molar-refractivity contribution in [2.24, 2.45) is 0 Å². The van der Waals surface area contributed by atoms with Crippen molar-refractivity contribution in [3.8, 4) is 11.1 Å². The zero-order valence-electron chi connectivity index (χ0n) is 12.5. The van der Waals surface area contributed by atoms with Crippen LogP contribution in [0.4, 0.5) is 0 Å². The van der Waals surface area contributed by atoms with Crippen LogP contribution in [0.1, 0.15) is 10.4 Å². The Bertz CT molecular complexity index is 975. The Balaban J connectivity index is 2.40. The van der Waals surface area contributed by atoms with Crippen molar-refractivity contribution in [3.63, 3.8) is 0 Å². The second-order valence-electron chi connectivity index (χ2n) is 5.24. The molecule has 0 saturated heterocycles. The molecule has 2 heterocycles. The fourth-order valence-electron chi connectivity index (χ4n) is 2.59. The third-order valence-electron chi connectivity index (χ3n) is 3.66. The Morgan fingerprint density at radius 3 is 2.64 bits per heavy atom. The molecule has 5 heteroatoms. The van der Waals surface area contributed by atoms with Gasteiger partial charge in [0.1, 0.15) is 4.83 Å². The molecule has 3 rings (SSSR count). The van der Waals surface area contributed by atoms with E-state index in [1.807, 2.05) is 6.92 Å². The highest BCUT2D eigenvalue weighted by Crippen LogP contribution is 2.35. The first-order chi connectivity index (χ1) is 10.5. The number of hydrogen-bond donors (Lipinski definition) is 1. The van der Waals surface area contributed by atoms with E-state index in [0.29, 0.717) is 16.7 Å². The first-order valence-electron chi connectivity index (χ1n) is 6.97. The summed E-state index contributed by atoms with van der Waals surface area (Å²) in [6.45, 7) is 8.19. The van der Waals surface area contributed by atoms with Gasteiger partial charge < -0.3 is 4.98 Å². The molecule has 0 unspecified atom stereocenters. The number of fused-ring (bicyclic) bond motifs is 1. The number of aromatic nitrogens is 2. The fraction of sp³-hybridized carbons (Fsp3) is 0.176. The van der Waals surface area contributed by atoms with Gasteiger partial charge in [0.2, 0.25) is 0 Å². The van der Waals surface area contributed by atoms with Crippen LogP contribution in [-0.4, -0.2) is 9.55 Å². The van der Waals surface area contributed by atoms with Crippen molar-refractivity contribution < 1.29 is 0 Å². The van der Waals surface area contributed by atoms with Gasteiger partial charge in [-0.2, -0.15) is 0 Å². The van der Waals surface area contributed by atoms with Gasteiger partial charge >= 0.3 is 0 Å². The van der Waals surface area contributed by atoms with Gasteiger partial charge in [-0.15, -0.1) is 17.9 Å². The van der Waals surface area contributed by atoms with Crippen LogP contribution in [0.2, 0.25) is 0 Å². The van der Waals surface area contributed by atoms with Gasteiger partial charge in [-0.1, -0.05) is 35.9 Å². The zero-order valence-corrected chi connectivity index (χ0v) is 14.1. The summed E-state index contributed by atoms with van der Waals surface area (Å²) in [5.41, 5.74) is 3.19. The third-order valence-corrected chi connectivity index (χ3v) is 5.00. The van der Waals surface area contributed by atoms with Gasteiger partial charge in [0.05, 0.1) is 5.39 Å². The maximum absolute atomic E-state index is 12.8. The molecule has 1 N–H and O–H groups in total. The van der Waals surface area contributed by atoms with E-state index in [0.717, 1.165) is 20.8 Å². The van der Waals surface area contributed by atoms with Gasteiger partial charge in [0, 0.05) is 17.0 Å². The van der Waals surface area contributed by atoms with Crippen LogP contribution in [-0.2, 0) is 6.54 Å². The zero-order chi connectivity index (χ0) is 15.9. The molecular formula is C17H16N2OS2. The molecule has 0 atom stereocenters. The molecule has 22 heavy (non-hydrogen) atoms. The molecule has 0 aliphatic rings. The minimum atomic E-state index is -0.0569. The summed E-state index contributed by atoms with van der Waals surface area (Å²) in [5, 5.41) is 0.710. The first kappa shape index (κ1) is 14.9. The average molecular weight is 328 g/mol. The standard InChI is InChI=1S/C17H16N2OS2/c1-4-9-19-16(20)14-13(12-7-5-10(2)6-8-12)11(3)22-15(14)18-17(19)21/h4-8H,1,9H2,2-3H3,(H,18,21). The largest absolute Gasteiger partial charge is 0.323 e. The van der Waals surface area contributed by atoms with Gasteiger partial charge in [0.15, 0.2) is 4.77 Å². The van der Waals surface area contributed by atoms with Crippen molar-refractivity contribution in [3.05, 3.63) is 62.5 Å². The Kier molecular flexibility index (Phi) is 3.85. The smallest absolute Gasteiger partial charge is 0.263 e. The number of aromatic amines is 1. The second kappa shape index (κ2) is 5.66. The van der Waals surface area contributed by atoms with E-state index in [4.69, 9.17) is 12.2 Å². The lowest BCUT2D eigenvalue weighted by atomic mass is 10.0. The quantitative estimate of drug-likeness (QED) is 0.564. The first-order valence-corrected chi connectivity index (χ1v) is 8.19. The maximum Gasteiger partial charge on any atom is 0.263 e. The van der Waals surface area contributed by atoms with Gasteiger partial charge in [-0.05, 0) is 31.6 Å². The van der Waals surface area contributed by atoms with Crippen LogP contribution in [0.3, 0.4) is 0 Å². The van der Waals surface area contributed by atoms with Crippen LogP contribution in [0.15, 0.2) is 41.7 Å². The molecule has 3 aromatic rings. The van der Waals surface area contributed by atoms with Gasteiger partial charge in [-0.3, -0.25) is 9.36 Å². The summed E-state index contributed by atoms with van der Waals surface area (Å²) < 4.78 is 1.99. The highest BCUT2D eigenvalue weighted by molar-refractivity contribution is 7.71. The molecule has 0 aliphatic carbocycles. The van der Waals surface area contributed by atoms with E-state index in [-0.39, 0.29) is 5.56 Å². The molecule has 0 saturated carbocycles. The number of nitrogens with zero attached hydrogens (tertiary/aromatic N) is 1. The lowest BCUT2D eigenvalue weighted by Crippen LogP contribution is -2.21. The Morgan fingerprint density at radius 2 is 2.00 bits per heavy atom. The molecule has 0 aliphatic heterocycles. The predicted octanol–water partition coefficient (Wildman–Crippen LogP) is 4.59. The Morgan fingerprint density at radius 1 is 1.32 bits per heavy atom. The molecule has 0 bridgehead atoms. The van der Waals surface area contributed by atoms with E-state index in [1.54, 1.807) is 22.0 Å². The van der Waals surface area contributed by atoms with E-state index < -0.39 is 0 Å². The van der Waals surface area contributed by atoms with E-state index in [1.165, 1.54) is 5.56 Å². The highest BCUT2D eigenvalue weighted by atomic mass is 32.1. The molecule has 112 valence electrons. The number of thiophene rings is 1. The second-order valence-corrected chi connectivity index (χ2v) is 6.85. The van der Waals surface area contributed by atoms with Crippen molar-refractivity contribution in [2.45, 2.75) is 20.4 Å². The van der Waals surface area contributed by atoms with Crippen LogP contribution in [0.25, 0.3) is 21.3 Å². The lowest BCUT2D eigenvalue weighted by Gasteiger charge is -2.06. The number of aryl methyl sites for hydroxylation is 2. The molecule has 2 aromatic heterocycles. The fourth-order valence-corrected chi connectivity index (χ4v) is 3.98. The summed E-state index contributed by atoms with van der Waals surface area (Å²) in [4.78, 5) is 18.0. The summed E-state index contributed by atoms with van der Waals surface area (Å²) in [5.74, 6) is 0. The molecule has 0 radical (unpaired) electrons. The average Bonchev–Trinajstić information content (AvgIpc) is 2.80. The van der Waals surface area contributed by atoms with Crippen molar-refractivity contribution in [2.75, 3.05) is 0 Å². The monoisotopic (exact) mass is 328 g/mol. The Labute approximate surface area is 137 Å². The van der Waals surface area contributed by atoms with Crippen LogP contribution in [0.5, 0.6) is 0 Å². The lowest BCUT2D eigenvalue weighted by molar-refractivity contribution is 0.754. The number of allylic oxidation sites excluding steroid dienone is 1. The number of rotatable bonds is 3. The third kappa shape index (κ3) is 2.36. The normalized spacial score (nSPS) is 11.0. The van der Waals surface area contributed by atoms with E-state index in [9.17, 15) is 4.79 Å². The Hall–Kier alpha value is -1.98. The van der Waals surface area contributed by atoms with Crippen molar-refractivity contribution in [1.82, 2.24) is 9.55 Å². The van der Waals surface area contributed by atoms with Crippen molar-refractivity contribution in [1.29, 1.82) is 0 Å². The number of hydrogen-bond acceptors (Lipinski definition) is 3. The van der Waals surface area contributed by atoms with Gasteiger partial charge in [-0.25, -0.2) is 0 Å². The molecule has 0 amide bonds. The molecule has 3 nitrogen and oxygen atoms in total. The summed E-state index contributed by atoms with van der Waals surface area (Å²) in [6, 6.07) is 8.24. The minimum Gasteiger partial charge on any atom is -0.323 e. The minimum absolute atomic E-state index is 0.0569. The van der Waals surface area contributed by atoms with E-state index in [2.05, 4.69) is 42.8 Å². The van der Waals surface area contributed by atoms with E-state index >= 15 is 0 Å².